The second-order valence-electron chi connectivity index (χ2n) is 3.96. The largest absolute Gasteiger partial charge is 0.306 e. The Bertz CT molecular complexity index is 399. The van der Waals surface area contributed by atoms with E-state index in [4.69, 9.17) is 0 Å². The molecule has 1 saturated heterocycles. The highest BCUT2D eigenvalue weighted by molar-refractivity contribution is 5.95. The fourth-order valence-electron chi connectivity index (χ4n) is 1.78. The third kappa shape index (κ3) is 3.04. The molecular formula is C12H15N3O2. The van der Waals surface area contributed by atoms with Crippen LogP contribution in [-0.4, -0.2) is 24.4 Å². The van der Waals surface area contributed by atoms with Crippen molar-refractivity contribution in [1.29, 1.82) is 0 Å². The highest BCUT2D eigenvalue weighted by Crippen LogP contribution is 2.04. The maximum absolute atomic E-state index is 11.6. The molecule has 3 N–H and O–H groups in total. The van der Waals surface area contributed by atoms with Crippen LogP contribution >= 0.6 is 0 Å². The summed E-state index contributed by atoms with van der Waals surface area (Å²) in [5.41, 5.74) is 5.34. The molecule has 0 aliphatic carbocycles. The Balaban J connectivity index is 1.82. The van der Waals surface area contributed by atoms with Gasteiger partial charge in [0.05, 0.1) is 6.04 Å². The van der Waals surface area contributed by atoms with Gasteiger partial charge in [-0.3, -0.25) is 20.4 Å². The van der Waals surface area contributed by atoms with E-state index in [0.717, 1.165) is 19.4 Å². The standard InChI is InChI=1S/C12H15N3O2/c16-11(9-5-2-1-3-6-9)14-15-12(17)10-7-4-8-13-10/h1-3,5-6,10,13H,4,7-8H2,(H,14,16)(H,15,17). The number of rotatable bonds is 2. The maximum atomic E-state index is 11.6. The summed E-state index contributed by atoms with van der Waals surface area (Å²) in [5.74, 6) is -0.497. The third-order valence-corrected chi connectivity index (χ3v) is 2.71. The molecule has 1 heterocycles. The normalized spacial score (nSPS) is 18.7. The molecule has 0 radical (unpaired) electrons. The molecule has 0 saturated carbocycles. The van der Waals surface area contributed by atoms with Gasteiger partial charge in [-0.2, -0.15) is 0 Å². The molecular weight excluding hydrogens is 218 g/mol. The summed E-state index contributed by atoms with van der Waals surface area (Å²) in [6.07, 6.45) is 1.80. The lowest BCUT2D eigenvalue weighted by Crippen LogP contribution is -2.49. The summed E-state index contributed by atoms with van der Waals surface area (Å²) in [7, 11) is 0. The number of nitrogens with one attached hydrogen (secondary N) is 3. The van der Waals surface area contributed by atoms with E-state index in [1.165, 1.54) is 0 Å². The van der Waals surface area contributed by atoms with Crippen molar-refractivity contribution in [2.75, 3.05) is 6.54 Å². The number of hydrogen-bond donors (Lipinski definition) is 3. The van der Waals surface area contributed by atoms with E-state index in [-0.39, 0.29) is 17.9 Å². The topological polar surface area (TPSA) is 70.2 Å². The molecule has 0 aromatic heterocycles. The molecule has 1 aromatic carbocycles. The average Bonchev–Trinajstić information content (AvgIpc) is 2.90. The van der Waals surface area contributed by atoms with Crippen molar-refractivity contribution >= 4 is 11.8 Å². The smallest absolute Gasteiger partial charge is 0.269 e. The second-order valence-corrected chi connectivity index (χ2v) is 3.96. The Morgan fingerprint density at radius 1 is 1.18 bits per heavy atom. The van der Waals surface area contributed by atoms with Crippen LogP contribution in [0.1, 0.15) is 23.2 Å². The lowest BCUT2D eigenvalue weighted by atomic mass is 10.2. The number of hydrazine groups is 1. The van der Waals surface area contributed by atoms with Crippen molar-refractivity contribution in [3.05, 3.63) is 35.9 Å². The Morgan fingerprint density at radius 2 is 1.94 bits per heavy atom. The first kappa shape index (κ1) is 11.6. The SMILES string of the molecule is O=C(NNC(=O)C1CCCN1)c1ccccc1. The maximum Gasteiger partial charge on any atom is 0.269 e. The Kier molecular flexibility index (Phi) is 3.72. The van der Waals surface area contributed by atoms with Gasteiger partial charge in [0.1, 0.15) is 0 Å². The number of amides is 2. The van der Waals surface area contributed by atoms with Crippen LogP contribution in [-0.2, 0) is 4.79 Å². The lowest BCUT2D eigenvalue weighted by Gasteiger charge is -2.11. The van der Waals surface area contributed by atoms with E-state index in [9.17, 15) is 9.59 Å². The predicted octanol–water partition coefficient (Wildman–Crippen LogP) is 0.200. The minimum Gasteiger partial charge on any atom is -0.306 e. The highest BCUT2D eigenvalue weighted by atomic mass is 16.2. The molecule has 1 fully saturated rings. The molecule has 5 nitrogen and oxygen atoms in total. The van der Waals surface area contributed by atoms with E-state index in [0.29, 0.717) is 5.56 Å². The Hall–Kier alpha value is -1.88. The monoisotopic (exact) mass is 233 g/mol. The zero-order valence-corrected chi connectivity index (χ0v) is 9.40. The number of hydrogen-bond acceptors (Lipinski definition) is 3. The zero-order valence-electron chi connectivity index (χ0n) is 9.40. The molecule has 1 aliphatic rings. The summed E-state index contributed by atoms with van der Waals surface area (Å²) in [5, 5.41) is 3.06. The first-order chi connectivity index (χ1) is 8.27. The quantitative estimate of drug-likeness (QED) is 0.639. The molecule has 1 aromatic rings. The molecule has 1 atom stereocenters. The zero-order chi connectivity index (χ0) is 12.1. The Labute approximate surface area is 99.6 Å². The van der Waals surface area contributed by atoms with Gasteiger partial charge in [-0.15, -0.1) is 0 Å². The van der Waals surface area contributed by atoms with Gasteiger partial charge in [0.2, 0.25) is 0 Å². The minimum absolute atomic E-state index is 0.188. The van der Waals surface area contributed by atoms with Crippen LogP contribution in [0.2, 0.25) is 0 Å². The Morgan fingerprint density at radius 3 is 2.59 bits per heavy atom. The lowest BCUT2D eigenvalue weighted by molar-refractivity contribution is -0.123. The van der Waals surface area contributed by atoms with Gasteiger partial charge in [-0.25, -0.2) is 0 Å². The van der Waals surface area contributed by atoms with Crippen molar-refractivity contribution < 1.29 is 9.59 Å². The summed E-state index contributed by atoms with van der Waals surface area (Å²) < 4.78 is 0. The molecule has 2 amide bonds. The number of carbonyl (C=O) groups excluding carboxylic acids is 2. The summed E-state index contributed by atoms with van der Waals surface area (Å²) >= 11 is 0. The molecule has 1 unspecified atom stereocenters. The first-order valence-electron chi connectivity index (χ1n) is 5.66. The van der Waals surface area contributed by atoms with Gasteiger partial charge < -0.3 is 5.32 Å². The number of benzene rings is 1. The molecule has 0 bridgehead atoms. The van der Waals surface area contributed by atoms with Crippen LogP contribution in [0.15, 0.2) is 30.3 Å². The van der Waals surface area contributed by atoms with E-state index < -0.39 is 0 Å². The summed E-state index contributed by atoms with van der Waals surface area (Å²) in [4.78, 5) is 23.2. The van der Waals surface area contributed by atoms with Gasteiger partial charge >= 0.3 is 0 Å². The molecule has 0 spiro atoms. The first-order valence-corrected chi connectivity index (χ1v) is 5.66. The fourth-order valence-corrected chi connectivity index (χ4v) is 1.78. The second kappa shape index (κ2) is 5.45. The summed E-state index contributed by atoms with van der Waals surface area (Å²) in [6.45, 7) is 0.852. The van der Waals surface area contributed by atoms with Crippen LogP contribution in [0.3, 0.4) is 0 Å². The van der Waals surface area contributed by atoms with Gasteiger partial charge in [0.15, 0.2) is 0 Å². The molecule has 5 heteroatoms. The van der Waals surface area contributed by atoms with Crippen molar-refractivity contribution in [2.24, 2.45) is 0 Å². The van der Waals surface area contributed by atoms with Crippen molar-refractivity contribution in [3.8, 4) is 0 Å². The van der Waals surface area contributed by atoms with Crippen molar-refractivity contribution in [2.45, 2.75) is 18.9 Å². The third-order valence-electron chi connectivity index (χ3n) is 2.71. The van der Waals surface area contributed by atoms with Crippen LogP contribution in [0.4, 0.5) is 0 Å². The van der Waals surface area contributed by atoms with E-state index in [1.54, 1.807) is 24.3 Å². The minimum atomic E-state index is -0.308. The van der Waals surface area contributed by atoms with Gasteiger partial charge in [0.25, 0.3) is 11.8 Å². The van der Waals surface area contributed by atoms with E-state index in [1.807, 2.05) is 6.07 Å². The van der Waals surface area contributed by atoms with Crippen LogP contribution in [0.25, 0.3) is 0 Å². The van der Waals surface area contributed by atoms with Crippen LogP contribution in [0.5, 0.6) is 0 Å². The van der Waals surface area contributed by atoms with Crippen LogP contribution < -0.4 is 16.2 Å². The molecule has 17 heavy (non-hydrogen) atoms. The van der Waals surface area contributed by atoms with Gasteiger partial charge in [-0.05, 0) is 31.5 Å². The predicted molar refractivity (Wildman–Crippen MR) is 63.1 cm³/mol. The highest BCUT2D eigenvalue weighted by Gasteiger charge is 2.22. The van der Waals surface area contributed by atoms with E-state index in [2.05, 4.69) is 16.2 Å². The van der Waals surface area contributed by atoms with Crippen molar-refractivity contribution in [1.82, 2.24) is 16.2 Å². The molecule has 90 valence electrons. The average molecular weight is 233 g/mol. The molecule has 2 rings (SSSR count). The van der Waals surface area contributed by atoms with Crippen molar-refractivity contribution in [3.63, 3.8) is 0 Å². The fraction of sp³-hybridized carbons (Fsp3) is 0.333. The summed E-state index contributed by atoms with van der Waals surface area (Å²) in [6, 6.07) is 8.57. The number of carbonyl (C=O) groups is 2. The van der Waals surface area contributed by atoms with Gasteiger partial charge in [0, 0.05) is 5.56 Å². The van der Waals surface area contributed by atoms with E-state index >= 15 is 0 Å². The van der Waals surface area contributed by atoms with Crippen LogP contribution in [0, 0.1) is 0 Å². The van der Waals surface area contributed by atoms with Gasteiger partial charge in [-0.1, -0.05) is 18.2 Å². The molecule has 1 aliphatic heterocycles.